The van der Waals surface area contributed by atoms with Gasteiger partial charge in [0, 0.05) is 26.7 Å². The van der Waals surface area contributed by atoms with E-state index in [1.165, 1.54) is 32.0 Å². The molecule has 134 valence electrons. The van der Waals surface area contributed by atoms with Crippen LogP contribution in [0, 0.1) is 6.92 Å². The van der Waals surface area contributed by atoms with Crippen molar-refractivity contribution in [1.29, 1.82) is 0 Å². The molecule has 1 aromatic heterocycles. The number of amides is 1. The summed E-state index contributed by atoms with van der Waals surface area (Å²) in [5.74, 6) is -0.660. The largest absolute Gasteiger partial charge is 0.464 e. The Hall–Kier alpha value is -1.87. The van der Waals surface area contributed by atoms with Gasteiger partial charge in [-0.05, 0) is 26.7 Å². The summed E-state index contributed by atoms with van der Waals surface area (Å²) in [4.78, 5) is 26.2. The molecule has 1 saturated heterocycles. The molecule has 0 saturated carbocycles. The molecule has 1 amide bonds. The molecular formula is C15H22N2O6S. The first-order valence-corrected chi connectivity index (χ1v) is 9.14. The van der Waals surface area contributed by atoms with E-state index in [0.29, 0.717) is 19.4 Å². The number of nitrogens with zero attached hydrogens (tertiary/aromatic N) is 2. The van der Waals surface area contributed by atoms with Crippen molar-refractivity contribution in [3.8, 4) is 0 Å². The van der Waals surface area contributed by atoms with Gasteiger partial charge in [0.1, 0.15) is 11.8 Å². The molecule has 0 spiro atoms. The molecule has 1 unspecified atom stereocenters. The molecule has 1 atom stereocenters. The average Bonchev–Trinajstić information content (AvgIpc) is 3.13. The number of esters is 1. The Balaban J connectivity index is 2.30. The molecule has 1 aliphatic heterocycles. The highest BCUT2D eigenvalue weighted by atomic mass is 32.2. The minimum Gasteiger partial charge on any atom is -0.464 e. The zero-order valence-corrected chi connectivity index (χ0v) is 15.1. The molecule has 0 bridgehead atoms. The van der Waals surface area contributed by atoms with Gasteiger partial charge in [-0.1, -0.05) is 0 Å². The monoisotopic (exact) mass is 358 g/mol. The van der Waals surface area contributed by atoms with Gasteiger partial charge in [-0.2, -0.15) is 0 Å². The summed E-state index contributed by atoms with van der Waals surface area (Å²) in [6.45, 7) is 3.89. The van der Waals surface area contributed by atoms with Crippen molar-refractivity contribution in [3.05, 3.63) is 17.4 Å². The van der Waals surface area contributed by atoms with E-state index in [-0.39, 0.29) is 23.0 Å². The fourth-order valence-electron chi connectivity index (χ4n) is 2.62. The van der Waals surface area contributed by atoms with Crippen LogP contribution < -0.4 is 0 Å². The maximum atomic E-state index is 12.7. The van der Waals surface area contributed by atoms with E-state index in [4.69, 9.17) is 9.15 Å². The van der Waals surface area contributed by atoms with Gasteiger partial charge >= 0.3 is 5.97 Å². The number of sulfonamides is 1. The van der Waals surface area contributed by atoms with Crippen LogP contribution in [-0.2, 0) is 19.6 Å². The third-order valence-corrected chi connectivity index (χ3v) is 5.60. The molecule has 2 rings (SSSR count). The Morgan fingerprint density at radius 3 is 2.67 bits per heavy atom. The van der Waals surface area contributed by atoms with Gasteiger partial charge in [0.25, 0.3) is 15.9 Å². The van der Waals surface area contributed by atoms with Gasteiger partial charge in [-0.25, -0.2) is 17.5 Å². The van der Waals surface area contributed by atoms with E-state index in [1.54, 1.807) is 6.92 Å². The second kappa shape index (κ2) is 6.94. The number of hydrogen-bond acceptors (Lipinski definition) is 6. The summed E-state index contributed by atoms with van der Waals surface area (Å²) < 4.78 is 35.6. The van der Waals surface area contributed by atoms with Crippen molar-refractivity contribution in [2.24, 2.45) is 0 Å². The molecule has 0 radical (unpaired) electrons. The third kappa shape index (κ3) is 3.32. The lowest BCUT2D eigenvalue weighted by molar-refractivity contribution is -0.147. The maximum absolute atomic E-state index is 12.7. The molecule has 1 aliphatic rings. The molecule has 0 aliphatic carbocycles. The third-order valence-electron chi connectivity index (χ3n) is 3.93. The summed E-state index contributed by atoms with van der Waals surface area (Å²) in [5, 5.41) is -0.291. The second-order valence-corrected chi connectivity index (χ2v) is 7.81. The van der Waals surface area contributed by atoms with Crippen molar-refractivity contribution < 1.29 is 27.2 Å². The van der Waals surface area contributed by atoms with Gasteiger partial charge in [0.2, 0.25) is 5.09 Å². The molecule has 1 aromatic rings. The predicted molar refractivity (Wildman–Crippen MR) is 85.0 cm³/mol. The lowest BCUT2D eigenvalue weighted by Gasteiger charge is -2.22. The molecule has 24 heavy (non-hydrogen) atoms. The standard InChI is InChI=1S/C15H22N2O6S/c1-5-22-15(19)12-7-6-8-17(12)14(18)11-9-13(23-10(11)2)24(20,21)16(3)4/h9,12H,5-8H2,1-4H3. The highest BCUT2D eigenvalue weighted by molar-refractivity contribution is 7.88. The number of likely N-dealkylation sites (tertiary alicyclic amines) is 1. The molecule has 0 N–H and O–H groups in total. The number of rotatable bonds is 5. The van der Waals surface area contributed by atoms with Gasteiger partial charge < -0.3 is 14.1 Å². The Bertz CT molecular complexity index is 737. The number of carbonyl (C=O) groups excluding carboxylic acids is 2. The molecule has 1 fully saturated rings. The Labute approximate surface area is 141 Å². The van der Waals surface area contributed by atoms with E-state index in [1.807, 2.05) is 0 Å². The summed E-state index contributed by atoms with van der Waals surface area (Å²) in [6.07, 6.45) is 1.22. The summed E-state index contributed by atoms with van der Waals surface area (Å²) in [6, 6.07) is 0.578. The first kappa shape index (κ1) is 18.5. The number of aryl methyl sites for hydroxylation is 1. The molecule has 0 aromatic carbocycles. The van der Waals surface area contributed by atoms with Gasteiger partial charge in [-0.3, -0.25) is 4.79 Å². The predicted octanol–water partition coefficient (Wildman–Crippen LogP) is 1.01. The van der Waals surface area contributed by atoms with Crippen LogP contribution in [0.3, 0.4) is 0 Å². The lowest BCUT2D eigenvalue weighted by Crippen LogP contribution is -2.41. The Morgan fingerprint density at radius 1 is 1.42 bits per heavy atom. The first-order chi connectivity index (χ1) is 11.2. The van der Waals surface area contributed by atoms with E-state index in [0.717, 1.165) is 4.31 Å². The van der Waals surface area contributed by atoms with Crippen molar-refractivity contribution in [2.45, 2.75) is 37.8 Å². The van der Waals surface area contributed by atoms with Gasteiger partial charge in [-0.15, -0.1) is 0 Å². The topological polar surface area (TPSA) is 97.1 Å². The van der Waals surface area contributed by atoms with Gasteiger partial charge in [0.05, 0.1) is 12.2 Å². The van der Waals surface area contributed by atoms with Crippen LogP contribution in [0.2, 0.25) is 0 Å². The van der Waals surface area contributed by atoms with E-state index < -0.39 is 27.9 Å². The zero-order chi connectivity index (χ0) is 18.1. The minimum absolute atomic E-state index is 0.145. The van der Waals surface area contributed by atoms with Crippen LogP contribution in [-0.4, -0.2) is 62.8 Å². The molecular weight excluding hydrogens is 336 g/mol. The SMILES string of the molecule is CCOC(=O)C1CCCN1C(=O)c1cc(S(=O)(=O)N(C)C)oc1C. The molecule has 9 heteroatoms. The average molecular weight is 358 g/mol. The summed E-state index contributed by atoms with van der Waals surface area (Å²) in [7, 11) is -1.01. The highest BCUT2D eigenvalue weighted by Crippen LogP contribution is 2.26. The van der Waals surface area contributed by atoms with Crippen LogP contribution in [0.5, 0.6) is 0 Å². The molecule has 2 heterocycles. The van der Waals surface area contributed by atoms with Crippen molar-refractivity contribution in [1.82, 2.24) is 9.21 Å². The van der Waals surface area contributed by atoms with Crippen molar-refractivity contribution in [3.63, 3.8) is 0 Å². The maximum Gasteiger partial charge on any atom is 0.328 e. The highest BCUT2D eigenvalue weighted by Gasteiger charge is 2.37. The van der Waals surface area contributed by atoms with Crippen molar-refractivity contribution >= 4 is 21.9 Å². The number of carbonyl (C=O) groups is 2. The normalized spacial score (nSPS) is 18.2. The first-order valence-electron chi connectivity index (χ1n) is 7.70. The van der Waals surface area contributed by atoms with Crippen LogP contribution in [0.25, 0.3) is 0 Å². The van der Waals surface area contributed by atoms with Crippen molar-refractivity contribution in [2.75, 3.05) is 27.2 Å². The van der Waals surface area contributed by atoms with E-state index >= 15 is 0 Å². The Kier molecular flexibility index (Phi) is 5.34. The van der Waals surface area contributed by atoms with E-state index in [9.17, 15) is 18.0 Å². The number of hydrogen-bond donors (Lipinski definition) is 0. The number of furan rings is 1. The van der Waals surface area contributed by atoms with Gasteiger partial charge in [0.15, 0.2) is 0 Å². The van der Waals surface area contributed by atoms with E-state index in [2.05, 4.69) is 0 Å². The summed E-state index contributed by atoms with van der Waals surface area (Å²) >= 11 is 0. The van der Waals surface area contributed by atoms with Crippen LogP contribution in [0.4, 0.5) is 0 Å². The fourth-order valence-corrected chi connectivity index (χ4v) is 3.48. The van der Waals surface area contributed by atoms with Crippen LogP contribution >= 0.6 is 0 Å². The number of ether oxygens (including phenoxy) is 1. The minimum atomic E-state index is -3.77. The van der Waals surface area contributed by atoms with Crippen LogP contribution in [0.1, 0.15) is 35.9 Å². The smallest absolute Gasteiger partial charge is 0.328 e. The second-order valence-electron chi connectivity index (χ2n) is 5.73. The lowest BCUT2D eigenvalue weighted by atomic mass is 10.2. The Morgan fingerprint density at radius 2 is 2.08 bits per heavy atom. The van der Waals surface area contributed by atoms with Crippen LogP contribution in [0.15, 0.2) is 15.6 Å². The molecule has 8 nitrogen and oxygen atoms in total. The fraction of sp³-hybridized carbons (Fsp3) is 0.600. The quantitative estimate of drug-likeness (QED) is 0.729. The zero-order valence-electron chi connectivity index (χ0n) is 14.2. The summed E-state index contributed by atoms with van der Waals surface area (Å²) in [5.41, 5.74) is 0.145.